The number of primary amides is 1. The molecule has 4 N–H and O–H groups in total. The highest BCUT2D eigenvalue weighted by atomic mass is 32.2. The average molecular weight is 450 g/mol. The lowest BCUT2D eigenvalue weighted by Gasteiger charge is -2.08. The number of rotatable bonds is 8. The molecule has 3 aromatic carbocycles. The van der Waals surface area contributed by atoms with E-state index in [1.54, 1.807) is 36.4 Å². The molecule has 0 aliphatic carbocycles. The third kappa shape index (κ3) is 6.16. The first kappa shape index (κ1) is 22.5. The van der Waals surface area contributed by atoms with Gasteiger partial charge in [0.25, 0.3) is 11.6 Å². The summed E-state index contributed by atoms with van der Waals surface area (Å²) in [7, 11) is 0. The number of hydrogen-bond acceptors (Lipinski definition) is 6. The van der Waals surface area contributed by atoms with Gasteiger partial charge in [-0.15, -0.1) is 11.8 Å². The highest BCUT2D eigenvalue weighted by molar-refractivity contribution is 8.00. The van der Waals surface area contributed by atoms with E-state index >= 15 is 0 Å². The van der Waals surface area contributed by atoms with Gasteiger partial charge in [-0.1, -0.05) is 0 Å². The predicted octanol–water partition coefficient (Wildman–Crippen LogP) is 3.68. The zero-order valence-electron chi connectivity index (χ0n) is 16.6. The SMILES string of the molecule is NC(=O)c1ccc(NC(=O)CSc2ccc(NC(=O)c3ccc([N+](=O)[O-])cc3)cc2)cc1. The lowest BCUT2D eigenvalue weighted by Crippen LogP contribution is -2.15. The minimum atomic E-state index is -0.536. The van der Waals surface area contributed by atoms with Gasteiger partial charge in [-0.05, 0) is 60.7 Å². The van der Waals surface area contributed by atoms with E-state index in [1.165, 1.54) is 48.2 Å². The van der Waals surface area contributed by atoms with Gasteiger partial charge >= 0.3 is 0 Å². The number of nitrogens with one attached hydrogen (secondary N) is 2. The summed E-state index contributed by atoms with van der Waals surface area (Å²) in [5.41, 5.74) is 6.87. The summed E-state index contributed by atoms with van der Waals surface area (Å²) in [6.07, 6.45) is 0. The van der Waals surface area contributed by atoms with E-state index < -0.39 is 10.8 Å². The topological polar surface area (TPSA) is 144 Å². The molecule has 9 nitrogen and oxygen atoms in total. The number of thioether (sulfide) groups is 1. The Hall–Kier alpha value is -4.18. The molecule has 32 heavy (non-hydrogen) atoms. The maximum atomic E-state index is 12.3. The van der Waals surface area contributed by atoms with E-state index in [1.807, 2.05) is 0 Å². The van der Waals surface area contributed by atoms with Gasteiger partial charge in [0.1, 0.15) is 0 Å². The van der Waals surface area contributed by atoms with Gasteiger partial charge in [0.2, 0.25) is 11.8 Å². The van der Waals surface area contributed by atoms with Crippen molar-refractivity contribution in [1.29, 1.82) is 0 Å². The van der Waals surface area contributed by atoms with E-state index in [0.717, 1.165) is 4.90 Å². The van der Waals surface area contributed by atoms with Gasteiger partial charge in [-0.3, -0.25) is 24.5 Å². The van der Waals surface area contributed by atoms with Crippen molar-refractivity contribution in [2.45, 2.75) is 4.90 Å². The van der Waals surface area contributed by atoms with Crippen molar-refractivity contribution in [3.63, 3.8) is 0 Å². The highest BCUT2D eigenvalue weighted by Gasteiger charge is 2.10. The Bertz CT molecular complexity index is 1150. The third-order valence-electron chi connectivity index (χ3n) is 4.28. The van der Waals surface area contributed by atoms with Crippen molar-refractivity contribution in [1.82, 2.24) is 0 Å². The molecule has 3 rings (SSSR count). The molecule has 0 saturated heterocycles. The number of benzene rings is 3. The van der Waals surface area contributed by atoms with E-state index in [9.17, 15) is 24.5 Å². The molecule has 0 fully saturated rings. The standard InChI is InChI=1S/C22H18N4O5S/c23-21(28)14-1-5-16(6-2-14)24-20(27)13-32-19-11-7-17(8-12-19)25-22(29)15-3-9-18(10-4-15)26(30)31/h1-12H,13H2,(H2,23,28)(H,24,27)(H,25,29). The van der Waals surface area contributed by atoms with Crippen LogP contribution in [0.2, 0.25) is 0 Å². The van der Waals surface area contributed by atoms with Crippen LogP contribution in [0.4, 0.5) is 17.1 Å². The second-order valence-electron chi connectivity index (χ2n) is 6.56. The van der Waals surface area contributed by atoms with Crippen molar-refractivity contribution in [2.24, 2.45) is 5.73 Å². The van der Waals surface area contributed by atoms with Crippen LogP contribution in [0.3, 0.4) is 0 Å². The molecule has 0 aliphatic rings. The van der Waals surface area contributed by atoms with Crippen LogP contribution in [-0.2, 0) is 4.79 Å². The minimum absolute atomic E-state index is 0.0883. The number of anilines is 2. The number of carbonyl (C=O) groups excluding carboxylic acids is 3. The van der Waals surface area contributed by atoms with Gasteiger partial charge in [0.15, 0.2) is 0 Å². The predicted molar refractivity (Wildman–Crippen MR) is 122 cm³/mol. The van der Waals surface area contributed by atoms with Crippen molar-refractivity contribution >= 4 is 46.5 Å². The zero-order chi connectivity index (χ0) is 23.1. The molecule has 0 aliphatic heterocycles. The Morgan fingerprint density at radius 2 is 1.34 bits per heavy atom. The second kappa shape index (κ2) is 10.2. The molecule has 0 saturated carbocycles. The van der Waals surface area contributed by atoms with Crippen LogP contribution < -0.4 is 16.4 Å². The number of nitro benzene ring substituents is 1. The fourth-order valence-electron chi connectivity index (χ4n) is 2.64. The second-order valence-corrected chi connectivity index (χ2v) is 7.61. The lowest BCUT2D eigenvalue weighted by molar-refractivity contribution is -0.384. The van der Waals surface area contributed by atoms with Crippen LogP contribution in [-0.4, -0.2) is 28.4 Å². The number of nitrogens with zero attached hydrogens (tertiary/aromatic N) is 1. The first-order valence-corrected chi connectivity index (χ1v) is 10.3. The molecule has 0 unspecified atom stereocenters. The van der Waals surface area contributed by atoms with Crippen molar-refractivity contribution in [2.75, 3.05) is 16.4 Å². The number of amides is 3. The summed E-state index contributed by atoms with van der Waals surface area (Å²) in [6, 6.07) is 18.5. The number of nitrogens with two attached hydrogens (primary N) is 1. The zero-order valence-corrected chi connectivity index (χ0v) is 17.4. The Kier molecular flexibility index (Phi) is 7.19. The average Bonchev–Trinajstić information content (AvgIpc) is 2.79. The molecule has 0 atom stereocenters. The quantitative estimate of drug-likeness (QED) is 0.271. The van der Waals surface area contributed by atoms with Crippen LogP contribution in [0.15, 0.2) is 77.7 Å². The Labute approximate surface area is 187 Å². The Morgan fingerprint density at radius 1 is 0.812 bits per heavy atom. The lowest BCUT2D eigenvalue weighted by atomic mass is 10.2. The van der Waals surface area contributed by atoms with E-state index in [2.05, 4.69) is 10.6 Å². The summed E-state index contributed by atoms with van der Waals surface area (Å²) in [5, 5.41) is 16.1. The van der Waals surface area contributed by atoms with Crippen LogP contribution >= 0.6 is 11.8 Å². The van der Waals surface area contributed by atoms with Gasteiger partial charge in [0, 0.05) is 39.5 Å². The van der Waals surface area contributed by atoms with Gasteiger partial charge < -0.3 is 16.4 Å². The van der Waals surface area contributed by atoms with Crippen molar-refractivity contribution < 1.29 is 19.3 Å². The molecule has 3 aromatic rings. The number of nitro groups is 1. The fourth-order valence-corrected chi connectivity index (χ4v) is 3.33. The monoisotopic (exact) mass is 450 g/mol. The van der Waals surface area contributed by atoms with Crippen LogP contribution in [0.25, 0.3) is 0 Å². The summed E-state index contributed by atoms with van der Waals surface area (Å²) >= 11 is 1.32. The van der Waals surface area contributed by atoms with Crippen molar-refractivity contribution in [3.8, 4) is 0 Å². The Balaban J connectivity index is 1.49. The van der Waals surface area contributed by atoms with Crippen LogP contribution in [0.5, 0.6) is 0 Å². The molecule has 0 heterocycles. The summed E-state index contributed by atoms with van der Waals surface area (Å²) < 4.78 is 0. The minimum Gasteiger partial charge on any atom is -0.366 e. The number of hydrogen-bond donors (Lipinski definition) is 3. The maximum absolute atomic E-state index is 12.3. The molecule has 0 spiro atoms. The first-order chi connectivity index (χ1) is 15.3. The van der Waals surface area contributed by atoms with Crippen LogP contribution in [0.1, 0.15) is 20.7 Å². The van der Waals surface area contributed by atoms with E-state index in [0.29, 0.717) is 22.5 Å². The summed E-state index contributed by atoms with van der Waals surface area (Å²) in [6.45, 7) is 0. The molecule has 162 valence electrons. The highest BCUT2D eigenvalue weighted by Crippen LogP contribution is 2.21. The smallest absolute Gasteiger partial charge is 0.269 e. The molecular formula is C22H18N4O5S. The van der Waals surface area contributed by atoms with Gasteiger partial charge in [-0.2, -0.15) is 0 Å². The van der Waals surface area contributed by atoms with E-state index in [-0.39, 0.29) is 23.3 Å². The summed E-state index contributed by atoms with van der Waals surface area (Å²) in [5.74, 6) is -0.961. The molecule has 10 heteroatoms. The maximum Gasteiger partial charge on any atom is 0.269 e. The van der Waals surface area contributed by atoms with Gasteiger partial charge in [-0.25, -0.2) is 0 Å². The van der Waals surface area contributed by atoms with Crippen molar-refractivity contribution in [3.05, 3.63) is 94.0 Å². The summed E-state index contributed by atoms with van der Waals surface area (Å²) in [4.78, 5) is 46.4. The van der Waals surface area contributed by atoms with Crippen LogP contribution in [0, 0.1) is 10.1 Å². The number of carbonyl (C=O) groups is 3. The molecule has 3 amide bonds. The molecule has 0 radical (unpaired) electrons. The molecular weight excluding hydrogens is 432 g/mol. The first-order valence-electron chi connectivity index (χ1n) is 9.30. The fraction of sp³-hybridized carbons (Fsp3) is 0.0455. The Morgan fingerprint density at radius 3 is 1.91 bits per heavy atom. The number of non-ortho nitro benzene ring substituents is 1. The molecule has 0 aromatic heterocycles. The largest absolute Gasteiger partial charge is 0.366 e. The van der Waals surface area contributed by atoms with Gasteiger partial charge in [0.05, 0.1) is 10.7 Å². The van der Waals surface area contributed by atoms with E-state index in [4.69, 9.17) is 5.73 Å². The normalized spacial score (nSPS) is 10.2. The third-order valence-corrected chi connectivity index (χ3v) is 5.29. The molecule has 0 bridgehead atoms.